The summed E-state index contributed by atoms with van der Waals surface area (Å²) in [4.78, 5) is 16.9. The first-order chi connectivity index (χ1) is 14.2. The van der Waals surface area contributed by atoms with Crippen molar-refractivity contribution in [2.24, 2.45) is 0 Å². The number of nitrogens with one attached hydrogen (secondary N) is 1. The number of carbonyl (C=O) groups excluding carboxylic acids is 1. The van der Waals surface area contributed by atoms with Crippen LogP contribution in [0.5, 0.6) is 5.88 Å². The monoisotopic (exact) mass is 422 g/mol. The largest absolute Gasteiger partial charge is 0.475 e. The fourth-order valence-corrected chi connectivity index (χ4v) is 3.01. The van der Waals surface area contributed by atoms with E-state index in [1.165, 1.54) is 24.3 Å². The molecule has 30 heavy (non-hydrogen) atoms. The molecule has 3 aromatic rings. The molecule has 5 nitrogen and oxygen atoms in total. The molecular weight excluding hydrogens is 404 g/mol. The summed E-state index contributed by atoms with van der Waals surface area (Å²) < 4.78 is 57.8. The van der Waals surface area contributed by atoms with Crippen LogP contribution in [-0.2, 0) is 12.7 Å². The molecule has 2 aromatic carbocycles. The summed E-state index contributed by atoms with van der Waals surface area (Å²) >= 11 is 0. The lowest BCUT2D eigenvalue weighted by atomic mass is 10.0. The third-order valence-corrected chi connectivity index (χ3v) is 4.44. The van der Waals surface area contributed by atoms with Gasteiger partial charge in [0.25, 0.3) is 5.91 Å². The van der Waals surface area contributed by atoms with Gasteiger partial charge in [-0.15, -0.1) is 0 Å². The van der Waals surface area contributed by atoms with Crippen molar-refractivity contribution in [1.29, 1.82) is 0 Å². The predicted octanol–water partition coefficient (Wildman–Crippen LogP) is 4.00. The number of fused-ring (bicyclic) bond motifs is 1. The molecule has 3 rings (SSSR count). The van der Waals surface area contributed by atoms with Gasteiger partial charge >= 0.3 is 6.18 Å². The first kappa shape index (κ1) is 21.5. The third kappa shape index (κ3) is 4.68. The SMILES string of the molecule is Cc1c(C(=O)NCc2cccc(F)c2)c(OCCO)nc2cc(C(F)(F)F)ccc12. The van der Waals surface area contributed by atoms with Gasteiger partial charge in [0, 0.05) is 11.9 Å². The molecule has 0 unspecified atom stereocenters. The smallest absolute Gasteiger partial charge is 0.416 e. The van der Waals surface area contributed by atoms with E-state index in [2.05, 4.69) is 10.3 Å². The molecule has 0 saturated heterocycles. The van der Waals surface area contributed by atoms with Gasteiger partial charge in [0.05, 0.1) is 17.7 Å². The third-order valence-electron chi connectivity index (χ3n) is 4.44. The minimum Gasteiger partial charge on any atom is -0.475 e. The maximum Gasteiger partial charge on any atom is 0.416 e. The number of benzene rings is 2. The molecule has 0 aliphatic rings. The van der Waals surface area contributed by atoms with E-state index >= 15 is 0 Å². The predicted molar refractivity (Wildman–Crippen MR) is 102 cm³/mol. The quantitative estimate of drug-likeness (QED) is 0.589. The van der Waals surface area contributed by atoms with Crippen LogP contribution in [0.15, 0.2) is 42.5 Å². The molecule has 2 N–H and O–H groups in total. The van der Waals surface area contributed by atoms with Crippen molar-refractivity contribution in [3.05, 3.63) is 70.5 Å². The van der Waals surface area contributed by atoms with E-state index in [4.69, 9.17) is 9.84 Å². The summed E-state index contributed by atoms with van der Waals surface area (Å²) in [5, 5.41) is 12.0. The van der Waals surface area contributed by atoms with E-state index < -0.39 is 23.5 Å². The number of carbonyl (C=O) groups is 1. The fourth-order valence-electron chi connectivity index (χ4n) is 3.01. The minimum absolute atomic E-state index is 0.0111. The average Bonchev–Trinajstić information content (AvgIpc) is 2.69. The van der Waals surface area contributed by atoms with E-state index in [0.29, 0.717) is 16.5 Å². The van der Waals surface area contributed by atoms with E-state index in [-0.39, 0.29) is 36.7 Å². The van der Waals surface area contributed by atoms with Gasteiger partial charge < -0.3 is 15.2 Å². The van der Waals surface area contributed by atoms with Gasteiger partial charge in [-0.05, 0) is 42.3 Å². The fraction of sp³-hybridized carbons (Fsp3) is 0.238. The standard InChI is InChI=1S/C21H18F4N2O3/c1-12-16-6-5-14(21(23,24)25)10-17(16)27-20(30-8-7-28)18(12)19(29)26-11-13-3-2-4-15(22)9-13/h2-6,9-10,28H,7-8,11H2,1H3,(H,26,29). The Morgan fingerprint density at radius 2 is 1.97 bits per heavy atom. The zero-order valence-corrected chi connectivity index (χ0v) is 15.9. The number of aryl methyl sites for hydroxylation is 1. The molecule has 0 spiro atoms. The van der Waals surface area contributed by atoms with Crippen LogP contribution < -0.4 is 10.1 Å². The number of aliphatic hydroxyl groups is 1. The molecule has 0 saturated carbocycles. The van der Waals surface area contributed by atoms with Gasteiger partial charge in [-0.25, -0.2) is 9.37 Å². The van der Waals surface area contributed by atoms with Crippen molar-refractivity contribution in [2.75, 3.05) is 13.2 Å². The Bertz CT molecular complexity index is 1080. The van der Waals surface area contributed by atoms with E-state index in [0.717, 1.165) is 12.1 Å². The number of amides is 1. The van der Waals surface area contributed by atoms with Crippen molar-refractivity contribution in [3.63, 3.8) is 0 Å². The Hall–Kier alpha value is -3.20. The molecule has 158 valence electrons. The number of aromatic nitrogens is 1. The van der Waals surface area contributed by atoms with E-state index in [1.54, 1.807) is 13.0 Å². The Morgan fingerprint density at radius 1 is 1.20 bits per heavy atom. The highest BCUT2D eigenvalue weighted by Gasteiger charge is 2.31. The van der Waals surface area contributed by atoms with Crippen LogP contribution in [0.1, 0.15) is 27.0 Å². The van der Waals surface area contributed by atoms with Gasteiger partial charge in [-0.3, -0.25) is 4.79 Å². The van der Waals surface area contributed by atoms with Crippen molar-refractivity contribution < 1.29 is 32.2 Å². The van der Waals surface area contributed by atoms with Crippen LogP contribution in [0.2, 0.25) is 0 Å². The van der Waals surface area contributed by atoms with Crippen LogP contribution in [0, 0.1) is 12.7 Å². The summed E-state index contributed by atoms with van der Waals surface area (Å²) in [5.74, 6) is -1.22. The molecular formula is C21H18F4N2O3. The Kier molecular flexibility index (Phi) is 6.21. The summed E-state index contributed by atoms with van der Waals surface area (Å²) in [6.45, 7) is 1.04. The second-order valence-corrected chi connectivity index (χ2v) is 6.53. The minimum atomic E-state index is -4.54. The van der Waals surface area contributed by atoms with Gasteiger partial charge in [0.15, 0.2) is 0 Å². The Balaban J connectivity index is 2.00. The summed E-state index contributed by atoms with van der Waals surface area (Å²) in [6, 6.07) is 8.73. The summed E-state index contributed by atoms with van der Waals surface area (Å²) in [6.07, 6.45) is -4.54. The molecule has 0 fully saturated rings. The number of hydrogen-bond donors (Lipinski definition) is 2. The summed E-state index contributed by atoms with van der Waals surface area (Å²) in [7, 11) is 0. The van der Waals surface area contributed by atoms with Crippen molar-refractivity contribution >= 4 is 16.8 Å². The number of alkyl halides is 3. The van der Waals surface area contributed by atoms with Gasteiger partial charge in [-0.2, -0.15) is 13.2 Å². The maximum atomic E-state index is 13.3. The highest BCUT2D eigenvalue weighted by molar-refractivity contribution is 6.02. The van der Waals surface area contributed by atoms with Crippen LogP contribution in [0.3, 0.4) is 0 Å². The second-order valence-electron chi connectivity index (χ2n) is 6.53. The van der Waals surface area contributed by atoms with Crippen LogP contribution in [0.25, 0.3) is 10.9 Å². The maximum absolute atomic E-state index is 13.3. The van der Waals surface area contributed by atoms with Crippen molar-refractivity contribution in [1.82, 2.24) is 10.3 Å². The zero-order chi connectivity index (χ0) is 21.9. The normalized spacial score (nSPS) is 11.5. The molecule has 0 aliphatic heterocycles. The average molecular weight is 422 g/mol. The lowest BCUT2D eigenvalue weighted by Gasteiger charge is -2.16. The lowest BCUT2D eigenvalue weighted by Crippen LogP contribution is -2.25. The molecule has 0 bridgehead atoms. The van der Waals surface area contributed by atoms with Crippen LogP contribution >= 0.6 is 0 Å². The molecule has 0 aliphatic carbocycles. The number of hydrogen-bond acceptors (Lipinski definition) is 4. The topological polar surface area (TPSA) is 71.5 Å². The Labute approximate surface area is 169 Å². The molecule has 0 radical (unpaired) electrons. The number of nitrogens with zero attached hydrogens (tertiary/aromatic N) is 1. The second kappa shape index (κ2) is 8.66. The highest BCUT2D eigenvalue weighted by atomic mass is 19.4. The van der Waals surface area contributed by atoms with Crippen molar-refractivity contribution in [2.45, 2.75) is 19.6 Å². The van der Waals surface area contributed by atoms with E-state index in [1.807, 2.05) is 0 Å². The molecule has 1 aromatic heterocycles. The first-order valence-corrected chi connectivity index (χ1v) is 8.98. The summed E-state index contributed by atoms with van der Waals surface area (Å²) in [5.41, 5.74) is 0.0724. The van der Waals surface area contributed by atoms with Gasteiger partial charge in [0.2, 0.25) is 5.88 Å². The number of halogens is 4. The molecule has 9 heteroatoms. The first-order valence-electron chi connectivity index (χ1n) is 8.98. The molecule has 0 atom stereocenters. The number of rotatable bonds is 6. The number of aliphatic hydroxyl groups excluding tert-OH is 1. The van der Waals surface area contributed by atoms with Gasteiger partial charge in [-0.1, -0.05) is 18.2 Å². The van der Waals surface area contributed by atoms with Crippen molar-refractivity contribution in [3.8, 4) is 5.88 Å². The molecule has 1 amide bonds. The Morgan fingerprint density at radius 3 is 2.63 bits per heavy atom. The molecule has 1 heterocycles. The lowest BCUT2D eigenvalue weighted by molar-refractivity contribution is -0.137. The zero-order valence-electron chi connectivity index (χ0n) is 15.9. The number of pyridine rings is 1. The van der Waals surface area contributed by atoms with Crippen LogP contribution in [0.4, 0.5) is 17.6 Å². The number of ether oxygens (including phenoxy) is 1. The van der Waals surface area contributed by atoms with E-state index in [9.17, 15) is 22.4 Å². The van der Waals surface area contributed by atoms with Crippen LogP contribution in [-0.4, -0.2) is 29.2 Å². The highest BCUT2D eigenvalue weighted by Crippen LogP contribution is 2.34. The van der Waals surface area contributed by atoms with Gasteiger partial charge in [0.1, 0.15) is 18.0 Å².